The molecule has 1 saturated heterocycles. The number of rotatable bonds is 6. The Morgan fingerprint density at radius 2 is 1.55 bits per heavy atom. The Labute approximate surface area is 194 Å². The van der Waals surface area contributed by atoms with Crippen LogP contribution in [-0.2, 0) is 9.59 Å². The average Bonchev–Trinajstić information content (AvgIpc) is 2.85. The molecule has 2 aliphatic heterocycles. The van der Waals surface area contributed by atoms with Crippen molar-refractivity contribution in [1.82, 2.24) is 15.1 Å². The van der Waals surface area contributed by atoms with Gasteiger partial charge in [0.1, 0.15) is 6.21 Å². The lowest BCUT2D eigenvalue weighted by Gasteiger charge is -2.36. The Balaban J connectivity index is 1.36. The lowest BCUT2D eigenvalue weighted by molar-refractivity contribution is -0.401. The molecule has 0 spiro atoms. The van der Waals surface area contributed by atoms with E-state index >= 15 is 0 Å². The van der Waals surface area contributed by atoms with Crippen molar-refractivity contribution in [2.45, 2.75) is 37.3 Å². The van der Waals surface area contributed by atoms with Crippen LogP contribution < -0.4 is 5.32 Å². The molecule has 0 bridgehead atoms. The number of carbonyl (C=O) groups excluding carboxylic acids is 3. The second kappa shape index (κ2) is 10.1. The van der Waals surface area contributed by atoms with Crippen molar-refractivity contribution < 1.29 is 19.0 Å². The highest BCUT2D eigenvalue weighted by Crippen LogP contribution is 2.28. The van der Waals surface area contributed by atoms with Gasteiger partial charge < -0.3 is 5.32 Å². The van der Waals surface area contributed by atoms with E-state index in [2.05, 4.69) is 34.5 Å². The quantitative estimate of drug-likeness (QED) is 0.691. The first kappa shape index (κ1) is 22.9. The number of likely N-dealkylation sites (tertiary alicyclic amines) is 1. The molecule has 0 aromatic heterocycles. The number of hydrogen-bond donors (Lipinski definition) is 1. The van der Waals surface area contributed by atoms with E-state index in [0.717, 1.165) is 24.0 Å². The third kappa shape index (κ3) is 5.20. The highest BCUT2D eigenvalue weighted by atomic mass is 16.2. The zero-order valence-corrected chi connectivity index (χ0v) is 19.2. The Hall–Kier alpha value is -3.32. The molecule has 1 unspecified atom stereocenters. The molecule has 1 N–H and O–H groups in total. The molecule has 7 nitrogen and oxygen atoms in total. The van der Waals surface area contributed by atoms with Crippen LogP contribution in [0.15, 0.2) is 60.7 Å². The summed E-state index contributed by atoms with van der Waals surface area (Å²) in [4.78, 5) is 40.8. The van der Waals surface area contributed by atoms with Gasteiger partial charge in [0.25, 0.3) is 0 Å². The highest BCUT2D eigenvalue weighted by molar-refractivity contribution is 6.06. The third-order valence-electron chi connectivity index (χ3n) is 6.62. The first-order chi connectivity index (χ1) is 15.9. The summed E-state index contributed by atoms with van der Waals surface area (Å²) in [7, 11) is 3.19. The number of likely N-dealkylation sites (N-methyl/N-ethyl adjacent to an activating group) is 1. The van der Waals surface area contributed by atoms with E-state index in [4.69, 9.17) is 0 Å². The number of hydrogen-bond acceptors (Lipinski definition) is 4. The van der Waals surface area contributed by atoms with Gasteiger partial charge in [0.2, 0.25) is 5.91 Å². The van der Waals surface area contributed by atoms with Gasteiger partial charge in [0, 0.05) is 31.5 Å². The number of urea groups is 1. The molecule has 33 heavy (non-hydrogen) atoms. The molecular weight excluding hydrogens is 416 g/mol. The minimum atomic E-state index is -0.435. The van der Waals surface area contributed by atoms with E-state index in [1.54, 1.807) is 13.3 Å². The van der Waals surface area contributed by atoms with Crippen molar-refractivity contribution in [2.24, 2.45) is 0 Å². The largest absolute Gasteiger partial charge is 0.500 e. The highest BCUT2D eigenvalue weighted by Gasteiger charge is 2.42. The molecule has 2 aromatic carbocycles. The molecule has 0 saturated carbocycles. The van der Waals surface area contributed by atoms with Gasteiger partial charge in [0.15, 0.2) is 6.04 Å². The minimum absolute atomic E-state index is 0.00515. The number of piperidine rings is 1. The first-order valence-corrected chi connectivity index (χ1v) is 11.5. The molecule has 7 heteroatoms. The zero-order valence-electron chi connectivity index (χ0n) is 19.2. The third-order valence-corrected chi connectivity index (χ3v) is 6.62. The standard InChI is InChI=1S/C26H30N4O3/c1-28-18-23(25(32)29(2)26(28)33)30-15-13-21(14-16-30)27-24(31)17-22(19-9-5-3-6-10-19)20-11-7-4-8-12-20/h3-12,18,21-23H,13-17H2,1-2H3/p+1. The van der Waals surface area contributed by atoms with Gasteiger partial charge in [-0.15, -0.1) is 0 Å². The van der Waals surface area contributed by atoms with E-state index in [9.17, 15) is 14.4 Å². The van der Waals surface area contributed by atoms with Crippen LogP contribution in [0.25, 0.3) is 0 Å². The average molecular weight is 448 g/mol. The summed E-state index contributed by atoms with van der Waals surface area (Å²) < 4.78 is 1.47. The van der Waals surface area contributed by atoms with Crippen molar-refractivity contribution in [2.75, 3.05) is 27.2 Å². The maximum absolute atomic E-state index is 13.0. The summed E-state index contributed by atoms with van der Waals surface area (Å²) in [6, 6.07) is 19.6. The molecule has 0 radical (unpaired) electrons. The van der Waals surface area contributed by atoms with Gasteiger partial charge in [-0.2, -0.15) is 9.69 Å². The minimum Gasteiger partial charge on any atom is -0.353 e. The van der Waals surface area contributed by atoms with E-state index in [1.807, 2.05) is 36.4 Å². The Morgan fingerprint density at radius 1 is 1.00 bits per heavy atom. The van der Waals surface area contributed by atoms with E-state index in [-0.39, 0.29) is 29.8 Å². The van der Waals surface area contributed by atoms with Crippen LogP contribution in [0.3, 0.4) is 0 Å². The second-order valence-corrected chi connectivity index (χ2v) is 8.84. The van der Waals surface area contributed by atoms with Gasteiger partial charge in [-0.25, -0.2) is 9.37 Å². The second-order valence-electron chi connectivity index (χ2n) is 8.84. The van der Waals surface area contributed by atoms with Crippen LogP contribution in [0.1, 0.15) is 36.3 Å². The monoisotopic (exact) mass is 447 g/mol. The van der Waals surface area contributed by atoms with Gasteiger partial charge in [-0.1, -0.05) is 60.7 Å². The summed E-state index contributed by atoms with van der Waals surface area (Å²) in [5, 5.41) is 3.21. The predicted molar refractivity (Wildman–Crippen MR) is 126 cm³/mol. The number of nitrogens with zero attached hydrogens (tertiary/aromatic N) is 3. The van der Waals surface area contributed by atoms with Crippen molar-refractivity contribution >= 4 is 24.1 Å². The number of imide groups is 1. The molecule has 0 aliphatic carbocycles. The molecular formula is C26H31N4O3+. The number of nitrogens with one attached hydrogen (secondary N) is 1. The van der Waals surface area contributed by atoms with E-state index < -0.39 is 6.04 Å². The van der Waals surface area contributed by atoms with Gasteiger partial charge in [-0.3, -0.25) is 9.69 Å². The van der Waals surface area contributed by atoms with Crippen LogP contribution >= 0.6 is 0 Å². The Kier molecular flexibility index (Phi) is 6.99. The molecule has 1 fully saturated rings. The molecule has 2 aliphatic rings. The fourth-order valence-corrected chi connectivity index (χ4v) is 4.71. The zero-order chi connectivity index (χ0) is 23.4. The van der Waals surface area contributed by atoms with Crippen molar-refractivity contribution in [3.8, 4) is 0 Å². The summed E-state index contributed by atoms with van der Waals surface area (Å²) in [6.07, 6.45) is 3.62. The molecule has 4 amide bonds. The van der Waals surface area contributed by atoms with Crippen LogP contribution in [-0.4, -0.2) is 77.7 Å². The molecule has 2 heterocycles. The molecule has 1 atom stereocenters. The van der Waals surface area contributed by atoms with Crippen LogP contribution in [0.4, 0.5) is 4.79 Å². The van der Waals surface area contributed by atoms with Crippen molar-refractivity contribution in [3.05, 3.63) is 71.8 Å². The summed E-state index contributed by atoms with van der Waals surface area (Å²) in [5.41, 5.74) is 2.26. The van der Waals surface area contributed by atoms with E-state index in [0.29, 0.717) is 19.5 Å². The first-order valence-electron chi connectivity index (χ1n) is 11.5. The fourth-order valence-electron chi connectivity index (χ4n) is 4.71. The maximum Gasteiger partial charge on any atom is 0.500 e. The lowest BCUT2D eigenvalue weighted by atomic mass is 9.88. The summed E-state index contributed by atoms with van der Waals surface area (Å²) in [6.45, 7) is 1.38. The van der Waals surface area contributed by atoms with Gasteiger partial charge >= 0.3 is 11.9 Å². The molecule has 172 valence electrons. The van der Waals surface area contributed by atoms with Crippen molar-refractivity contribution in [1.29, 1.82) is 0 Å². The number of benzene rings is 2. The van der Waals surface area contributed by atoms with Crippen LogP contribution in [0, 0.1) is 0 Å². The van der Waals surface area contributed by atoms with Gasteiger partial charge in [-0.05, 0) is 24.0 Å². The van der Waals surface area contributed by atoms with Gasteiger partial charge in [0.05, 0.1) is 14.1 Å². The maximum atomic E-state index is 13.0. The normalized spacial score (nSPS) is 20.2. The number of amides is 4. The van der Waals surface area contributed by atoms with Crippen molar-refractivity contribution in [3.63, 3.8) is 0 Å². The summed E-state index contributed by atoms with van der Waals surface area (Å²) >= 11 is 0. The summed E-state index contributed by atoms with van der Waals surface area (Å²) in [5.74, 6) is -0.156. The Bertz CT molecular complexity index is 991. The SMILES string of the molecule is CN1C(=O)C(N2CCC(NC(=O)CC(c3ccccc3)c3ccccc3)CC2)C=[N+](C)C1=O. The molecule has 2 aromatic rings. The van der Waals surface area contributed by atoms with E-state index in [1.165, 1.54) is 16.5 Å². The Morgan fingerprint density at radius 3 is 2.09 bits per heavy atom. The molecule has 4 rings (SSSR count). The van der Waals surface area contributed by atoms with Crippen LogP contribution in [0.2, 0.25) is 0 Å². The number of carbonyl (C=O) groups is 3. The van der Waals surface area contributed by atoms with Crippen LogP contribution in [0.5, 0.6) is 0 Å². The lowest BCUT2D eigenvalue weighted by Crippen LogP contribution is -2.59. The predicted octanol–water partition coefficient (Wildman–Crippen LogP) is 2.46. The smallest absolute Gasteiger partial charge is 0.353 e. The fraction of sp³-hybridized carbons (Fsp3) is 0.385. The topological polar surface area (TPSA) is 72.7 Å².